The van der Waals surface area contributed by atoms with Crippen LogP contribution in [0.1, 0.15) is 24.0 Å². The minimum Gasteiger partial charge on any atom is -0.360 e. The molecule has 0 saturated carbocycles. The molecule has 3 rings (SSSR count). The quantitative estimate of drug-likeness (QED) is 0.639. The molecule has 0 saturated heterocycles. The highest BCUT2D eigenvalue weighted by atomic mass is 35.5. The van der Waals surface area contributed by atoms with Gasteiger partial charge in [-0.1, -0.05) is 73.1 Å². The van der Waals surface area contributed by atoms with Gasteiger partial charge >= 0.3 is 0 Å². The lowest BCUT2D eigenvalue weighted by atomic mass is 9.99. The van der Waals surface area contributed by atoms with Crippen LogP contribution in [0.5, 0.6) is 0 Å². The second kappa shape index (κ2) is 5.56. The first-order valence-electron chi connectivity index (χ1n) is 6.74. The number of aromatic nitrogens is 1. The SMILES string of the molecule is CC(/C=C/c1ccccc1)c1c[nH]c2c(Cl)cccc12. The molecule has 0 spiro atoms. The van der Waals surface area contributed by atoms with Crippen molar-refractivity contribution in [1.29, 1.82) is 0 Å². The maximum atomic E-state index is 6.20. The third-order valence-corrected chi connectivity index (χ3v) is 3.88. The predicted octanol–water partition coefficient (Wildman–Crippen LogP) is 5.64. The van der Waals surface area contributed by atoms with Crippen LogP contribution in [-0.4, -0.2) is 4.98 Å². The molecular formula is C18H16ClN. The van der Waals surface area contributed by atoms with Crippen molar-refractivity contribution in [3.63, 3.8) is 0 Å². The summed E-state index contributed by atoms with van der Waals surface area (Å²) in [6.07, 6.45) is 6.43. The van der Waals surface area contributed by atoms with E-state index < -0.39 is 0 Å². The van der Waals surface area contributed by atoms with Crippen LogP contribution in [0.2, 0.25) is 5.02 Å². The molecule has 0 aliphatic heterocycles. The van der Waals surface area contributed by atoms with Crippen LogP contribution in [0.3, 0.4) is 0 Å². The Balaban J connectivity index is 1.91. The molecule has 1 atom stereocenters. The molecule has 0 bridgehead atoms. The number of hydrogen-bond donors (Lipinski definition) is 1. The molecule has 2 aromatic carbocycles. The molecule has 0 aliphatic carbocycles. The van der Waals surface area contributed by atoms with Crippen LogP contribution >= 0.6 is 11.6 Å². The van der Waals surface area contributed by atoms with Gasteiger partial charge in [0.05, 0.1) is 10.5 Å². The topological polar surface area (TPSA) is 15.8 Å². The summed E-state index contributed by atoms with van der Waals surface area (Å²) in [5.41, 5.74) is 3.51. The number of benzene rings is 2. The summed E-state index contributed by atoms with van der Waals surface area (Å²) in [7, 11) is 0. The van der Waals surface area contributed by atoms with Gasteiger partial charge in [0.1, 0.15) is 0 Å². The van der Waals surface area contributed by atoms with E-state index in [9.17, 15) is 0 Å². The van der Waals surface area contributed by atoms with Gasteiger partial charge in [-0.3, -0.25) is 0 Å². The van der Waals surface area contributed by atoms with Crippen molar-refractivity contribution < 1.29 is 0 Å². The fourth-order valence-corrected chi connectivity index (χ4v) is 2.67. The van der Waals surface area contributed by atoms with Gasteiger partial charge in [0.2, 0.25) is 0 Å². The fraction of sp³-hybridized carbons (Fsp3) is 0.111. The summed E-state index contributed by atoms with van der Waals surface area (Å²) in [6, 6.07) is 16.4. The molecule has 100 valence electrons. The lowest BCUT2D eigenvalue weighted by molar-refractivity contribution is 0.984. The summed E-state index contributed by atoms with van der Waals surface area (Å²) in [6.45, 7) is 2.20. The Kier molecular flexibility index (Phi) is 3.62. The Morgan fingerprint density at radius 2 is 1.85 bits per heavy atom. The van der Waals surface area contributed by atoms with E-state index in [0.29, 0.717) is 5.92 Å². The van der Waals surface area contributed by atoms with Crippen molar-refractivity contribution in [2.75, 3.05) is 0 Å². The van der Waals surface area contributed by atoms with Crippen molar-refractivity contribution in [2.45, 2.75) is 12.8 Å². The number of halogens is 1. The minimum absolute atomic E-state index is 0.336. The van der Waals surface area contributed by atoms with Gasteiger partial charge in [-0.15, -0.1) is 0 Å². The number of H-pyrrole nitrogens is 1. The summed E-state index contributed by atoms with van der Waals surface area (Å²) >= 11 is 6.20. The molecule has 1 nitrogen and oxygen atoms in total. The molecule has 0 amide bonds. The molecule has 0 fully saturated rings. The lowest BCUT2D eigenvalue weighted by Gasteiger charge is -2.05. The number of para-hydroxylation sites is 1. The van der Waals surface area contributed by atoms with E-state index in [2.05, 4.69) is 60.6 Å². The zero-order valence-corrected chi connectivity index (χ0v) is 12.1. The molecule has 0 radical (unpaired) electrons. The Bertz CT molecular complexity index is 740. The maximum absolute atomic E-state index is 6.20. The van der Waals surface area contributed by atoms with Crippen LogP contribution in [0.25, 0.3) is 17.0 Å². The number of fused-ring (bicyclic) bond motifs is 1. The first-order valence-corrected chi connectivity index (χ1v) is 7.12. The van der Waals surface area contributed by atoms with Gasteiger partial charge < -0.3 is 4.98 Å². The summed E-state index contributed by atoms with van der Waals surface area (Å²) < 4.78 is 0. The number of rotatable bonds is 3. The number of hydrogen-bond acceptors (Lipinski definition) is 0. The average molecular weight is 282 g/mol. The van der Waals surface area contributed by atoms with E-state index in [1.54, 1.807) is 0 Å². The largest absolute Gasteiger partial charge is 0.360 e. The molecule has 20 heavy (non-hydrogen) atoms. The molecule has 3 aromatic rings. The van der Waals surface area contributed by atoms with E-state index >= 15 is 0 Å². The highest BCUT2D eigenvalue weighted by molar-refractivity contribution is 6.35. The Morgan fingerprint density at radius 1 is 1.05 bits per heavy atom. The van der Waals surface area contributed by atoms with Gasteiger partial charge in [-0.05, 0) is 17.2 Å². The number of allylic oxidation sites excluding steroid dienone is 1. The second-order valence-corrected chi connectivity index (χ2v) is 5.37. The minimum atomic E-state index is 0.336. The van der Waals surface area contributed by atoms with Crippen LogP contribution in [0.15, 0.2) is 60.8 Å². The van der Waals surface area contributed by atoms with Crippen molar-refractivity contribution in [3.05, 3.63) is 77.0 Å². The highest BCUT2D eigenvalue weighted by Crippen LogP contribution is 2.30. The maximum Gasteiger partial charge on any atom is 0.0647 e. The monoisotopic (exact) mass is 281 g/mol. The van der Waals surface area contributed by atoms with Gasteiger partial charge in [0.15, 0.2) is 0 Å². The molecule has 1 heterocycles. The van der Waals surface area contributed by atoms with Crippen LogP contribution in [0.4, 0.5) is 0 Å². The molecule has 0 aliphatic rings. The molecule has 2 heteroatoms. The molecule has 1 unspecified atom stereocenters. The first-order chi connectivity index (χ1) is 9.75. The lowest BCUT2D eigenvalue weighted by Crippen LogP contribution is -1.86. The van der Waals surface area contributed by atoms with E-state index in [1.807, 2.05) is 18.2 Å². The van der Waals surface area contributed by atoms with Crippen molar-refractivity contribution in [3.8, 4) is 0 Å². The molecular weight excluding hydrogens is 266 g/mol. The standard InChI is InChI=1S/C18H16ClN/c1-13(10-11-14-6-3-2-4-7-14)16-12-20-18-15(16)8-5-9-17(18)19/h2-13,20H,1H3/b11-10+. The average Bonchev–Trinajstić information content (AvgIpc) is 2.91. The predicted molar refractivity (Wildman–Crippen MR) is 87.2 cm³/mol. The van der Waals surface area contributed by atoms with Gasteiger partial charge in [0.25, 0.3) is 0 Å². The summed E-state index contributed by atoms with van der Waals surface area (Å²) in [4.78, 5) is 3.27. The number of nitrogens with one attached hydrogen (secondary N) is 1. The fourth-order valence-electron chi connectivity index (χ4n) is 2.44. The summed E-state index contributed by atoms with van der Waals surface area (Å²) in [5.74, 6) is 0.336. The first kappa shape index (κ1) is 13.0. The van der Waals surface area contributed by atoms with Crippen molar-refractivity contribution in [1.82, 2.24) is 4.98 Å². The number of aromatic amines is 1. The van der Waals surface area contributed by atoms with E-state index in [1.165, 1.54) is 16.5 Å². The van der Waals surface area contributed by atoms with Crippen LogP contribution < -0.4 is 0 Å². The van der Waals surface area contributed by atoms with Crippen LogP contribution in [0, 0.1) is 0 Å². The zero-order valence-electron chi connectivity index (χ0n) is 11.3. The zero-order chi connectivity index (χ0) is 13.9. The third-order valence-electron chi connectivity index (χ3n) is 3.56. The molecule has 1 N–H and O–H groups in total. The van der Waals surface area contributed by atoms with E-state index in [0.717, 1.165) is 10.5 Å². The molecule has 1 aromatic heterocycles. The Labute approximate surface area is 123 Å². The smallest absolute Gasteiger partial charge is 0.0647 e. The van der Waals surface area contributed by atoms with Gasteiger partial charge in [-0.2, -0.15) is 0 Å². The van der Waals surface area contributed by atoms with Crippen molar-refractivity contribution in [2.24, 2.45) is 0 Å². The Hall–Kier alpha value is -1.99. The highest BCUT2D eigenvalue weighted by Gasteiger charge is 2.10. The van der Waals surface area contributed by atoms with Crippen molar-refractivity contribution >= 4 is 28.6 Å². The summed E-state index contributed by atoms with van der Waals surface area (Å²) in [5, 5.41) is 1.97. The van der Waals surface area contributed by atoms with E-state index in [-0.39, 0.29) is 0 Å². The normalized spacial score (nSPS) is 13.1. The Morgan fingerprint density at radius 3 is 2.65 bits per heavy atom. The second-order valence-electron chi connectivity index (χ2n) is 4.96. The van der Waals surface area contributed by atoms with Crippen LogP contribution in [-0.2, 0) is 0 Å². The van der Waals surface area contributed by atoms with Gasteiger partial charge in [0, 0.05) is 17.5 Å². The third kappa shape index (κ3) is 2.50. The van der Waals surface area contributed by atoms with Gasteiger partial charge in [-0.25, -0.2) is 0 Å². The van der Waals surface area contributed by atoms with E-state index in [4.69, 9.17) is 11.6 Å².